The number of hydrogen-bond acceptors (Lipinski definition) is 6. The van der Waals surface area contributed by atoms with Crippen LogP contribution in [0.2, 0.25) is 0 Å². The second-order valence-corrected chi connectivity index (χ2v) is 5.14. The molecule has 0 atom stereocenters. The van der Waals surface area contributed by atoms with Crippen molar-refractivity contribution in [2.75, 3.05) is 20.0 Å². The zero-order chi connectivity index (χ0) is 17.4. The number of nitrogen functional groups attached to an aromatic ring is 1. The molecule has 124 valence electrons. The molecule has 2 amide bonds. The van der Waals surface area contributed by atoms with Crippen molar-refractivity contribution in [2.24, 2.45) is 0 Å². The highest BCUT2D eigenvalue weighted by Crippen LogP contribution is 2.28. The average molecular weight is 329 g/mol. The summed E-state index contributed by atoms with van der Waals surface area (Å²) in [6.45, 7) is 0. The van der Waals surface area contributed by atoms with Crippen LogP contribution in [0.15, 0.2) is 35.1 Å². The van der Waals surface area contributed by atoms with Gasteiger partial charge in [0.1, 0.15) is 5.82 Å². The number of ether oxygens (including phenoxy) is 2. The molecular weight excluding hydrogens is 314 g/mol. The maximum absolute atomic E-state index is 12.5. The van der Waals surface area contributed by atoms with E-state index < -0.39 is 23.7 Å². The van der Waals surface area contributed by atoms with Gasteiger partial charge in [-0.15, -0.1) is 0 Å². The van der Waals surface area contributed by atoms with E-state index >= 15 is 0 Å². The fraction of sp³-hybridized carbons (Fsp3) is 0.188. The minimum absolute atomic E-state index is 0.0132. The van der Waals surface area contributed by atoms with Crippen molar-refractivity contribution < 1.29 is 19.1 Å². The van der Waals surface area contributed by atoms with E-state index in [1.807, 2.05) is 0 Å². The van der Waals surface area contributed by atoms with Crippen LogP contribution < -0.4 is 16.6 Å². The number of nitrogens with zero attached hydrogens (tertiary/aromatic N) is 1. The molecule has 2 heterocycles. The van der Waals surface area contributed by atoms with Crippen LogP contribution >= 0.6 is 0 Å². The van der Waals surface area contributed by atoms with Gasteiger partial charge < -0.3 is 15.2 Å². The molecule has 0 fully saturated rings. The maximum atomic E-state index is 12.5. The second-order valence-electron chi connectivity index (χ2n) is 5.14. The number of rotatable bonds is 4. The number of amides is 2. The number of carbonyl (C=O) groups excluding carboxylic acids is 2. The molecule has 1 aromatic heterocycles. The van der Waals surface area contributed by atoms with Gasteiger partial charge in [0.15, 0.2) is 6.29 Å². The van der Waals surface area contributed by atoms with Crippen LogP contribution in [-0.2, 0) is 9.47 Å². The average Bonchev–Trinajstić information content (AvgIpc) is 2.84. The summed E-state index contributed by atoms with van der Waals surface area (Å²) in [4.78, 5) is 36.2. The van der Waals surface area contributed by atoms with Crippen LogP contribution in [0.3, 0.4) is 0 Å². The summed E-state index contributed by atoms with van der Waals surface area (Å²) < 4.78 is 11.7. The number of nitrogens with two attached hydrogens (primary N) is 1. The topological polar surface area (TPSA) is 113 Å². The summed E-state index contributed by atoms with van der Waals surface area (Å²) in [7, 11) is 2.93. The third kappa shape index (κ3) is 2.29. The Morgan fingerprint density at radius 1 is 1.08 bits per heavy atom. The Kier molecular flexibility index (Phi) is 3.92. The monoisotopic (exact) mass is 329 g/mol. The molecule has 2 aromatic rings. The quantitative estimate of drug-likeness (QED) is 0.627. The third-order valence-electron chi connectivity index (χ3n) is 3.81. The molecule has 8 nitrogen and oxygen atoms in total. The highest BCUT2D eigenvalue weighted by Gasteiger charge is 2.32. The number of carbonyl (C=O) groups is 2. The third-order valence-corrected chi connectivity index (χ3v) is 3.81. The number of para-hydroxylation sites is 1. The van der Waals surface area contributed by atoms with Gasteiger partial charge in [-0.25, -0.2) is 0 Å². The van der Waals surface area contributed by atoms with E-state index in [1.165, 1.54) is 14.2 Å². The van der Waals surface area contributed by atoms with Crippen LogP contribution in [0.5, 0.6) is 0 Å². The molecule has 0 saturated carbocycles. The molecule has 0 saturated heterocycles. The minimum Gasteiger partial charge on any atom is -0.384 e. The number of pyridine rings is 1. The van der Waals surface area contributed by atoms with Gasteiger partial charge in [0, 0.05) is 25.8 Å². The van der Waals surface area contributed by atoms with E-state index in [0.29, 0.717) is 11.3 Å². The Balaban J connectivity index is 2.30. The Morgan fingerprint density at radius 3 is 2.42 bits per heavy atom. The van der Waals surface area contributed by atoms with E-state index in [0.717, 1.165) is 10.6 Å². The highest BCUT2D eigenvalue weighted by atomic mass is 16.7. The lowest BCUT2D eigenvalue weighted by atomic mass is 10.1. The standard InChI is InChI=1S/C16H15N3O5/c1-23-16(24-2)8-5-3-4-6-10(8)19-11(20)7-9-12(13(19)17)15(22)18-14(9)21/h3-7,16H,17H2,1-2H3,(H,18,21,22). The van der Waals surface area contributed by atoms with Crippen molar-refractivity contribution >= 4 is 17.6 Å². The number of aromatic nitrogens is 1. The van der Waals surface area contributed by atoms with Gasteiger partial charge in [-0.2, -0.15) is 0 Å². The molecule has 0 aliphatic carbocycles. The Bertz CT molecular complexity index is 899. The maximum Gasteiger partial charge on any atom is 0.262 e. The number of methoxy groups -OCH3 is 2. The number of anilines is 1. The second kappa shape index (κ2) is 5.91. The first-order chi connectivity index (χ1) is 11.5. The molecule has 1 aliphatic rings. The fourth-order valence-electron chi connectivity index (χ4n) is 2.77. The Hall–Kier alpha value is -2.97. The van der Waals surface area contributed by atoms with Crippen molar-refractivity contribution in [1.82, 2.24) is 9.88 Å². The van der Waals surface area contributed by atoms with E-state index in [2.05, 4.69) is 5.32 Å². The smallest absolute Gasteiger partial charge is 0.262 e. The number of imide groups is 1. The predicted molar refractivity (Wildman–Crippen MR) is 85.0 cm³/mol. The van der Waals surface area contributed by atoms with Crippen molar-refractivity contribution in [1.29, 1.82) is 0 Å². The molecule has 0 spiro atoms. The van der Waals surface area contributed by atoms with Gasteiger partial charge in [-0.05, 0) is 6.07 Å². The van der Waals surface area contributed by atoms with Gasteiger partial charge in [-0.1, -0.05) is 18.2 Å². The first-order valence-electron chi connectivity index (χ1n) is 7.05. The van der Waals surface area contributed by atoms with Crippen molar-refractivity contribution in [2.45, 2.75) is 6.29 Å². The van der Waals surface area contributed by atoms with Gasteiger partial charge in [-0.3, -0.25) is 24.3 Å². The lowest BCUT2D eigenvalue weighted by molar-refractivity contribution is -0.105. The van der Waals surface area contributed by atoms with Gasteiger partial charge in [0.25, 0.3) is 17.4 Å². The van der Waals surface area contributed by atoms with Crippen LogP contribution in [0.4, 0.5) is 5.82 Å². The van der Waals surface area contributed by atoms with E-state index in [1.54, 1.807) is 24.3 Å². The molecule has 3 N–H and O–H groups in total. The molecule has 3 rings (SSSR count). The molecule has 0 radical (unpaired) electrons. The summed E-state index contributed by atoms with van der Waals surface area (Å²) in [6.07, 6.45) is -0.726. The number of benzene rings is 1. The lowest BCUT2D eigenvalue weighted by Gasteiger charge is -2.20. The van der Waals surface area contributed by atoms with Crippen molar-refractivity contribution in [3.8, 4) is 5.69 Å². The van der Waals surface area contributed by atoms with Gasteiger partial charge in [0.2, 0.25) is 0 Å². The predicted octanol–water partition coefficient (Wildman–Crippen LogP) is 0.595. The molecular formula is C16H15N3O5. The Labute approximate surface area is 136 Å². The first kappa shape index (κ1) is 15.9. The fourth-order valence-corrected chi connectivity index (χ4v) is 2.77. The summed E-state index contributed by atoms with van der Waals surface area (Å²) in [6, 6.07) is 7.94. The van der Waals surface area contributed by atoms with Gasteiger partial charge >= 0.3 is 0 Å². The summed E-state index contributed by atoms with van der Waals surface area (Å²) in [5.41, 5.74) is 6.44. The summed E-state index contributed by atoms with van der Waals surface area (Å²) in [5, 5.41) is 2.13. The van der Waals surface area contributed by atoms with E-state index in [4.69, 9.17) is 15.2 Å². The normalized spacial score (nSPS) is 13.3. The number of fused-ring (bicyclic) bond motifs is 1. The van der Waals surface area contributed by atoms with Crippen LogP contribution in [0.25, 0.3) is 5.69 Å². The number of nitrogens with one attached hydrogen (secondary N) is 1. The van der Waals surface area contributed by atoms with E-state index in [9.17, 15) is 14.4 Å². The van der Waals surface area contributed by atoms with Crippen LogP contribution in [0.1, 0.15) is 32.6 Å². The zero-order valence-corrected chi connectivity index (χ0v) is 13.0. The summed E-state index contributed by atoms with van der Waals surface area (Å²) in [5.74, 6) is -1.38. The molecule has 8 heteroatoms. The molecule has 1 aromatic carbocycles. The SMILES string of the molecule is COC(OC)c1ccccc1-n1c(N)c2c(cc1=O)C(=O)NC2=O. The Morgan fingerprint density at radius 2 is 1.75 bits per heavy atom. The highest BCUT2D eigenvalue weighted by molar-refractivity contribution is 6.23. The van der Waals surface area contributed by atoms with Gasteiger partial charge in [0.05, 0.1) is 16.8 Å². The minimum atomic E-state index is -0.726. The van der Waals surface area contributed by atoms with Crippen LogP contribution in [-0.4, -0.2) is 30.6 Å². The first-order valence-corrected chi connectivity index (χ1v) is 7.05. The van der Waals surface area contributed by atoms with E-state index in [-0.39, 0.29) is 16.9 Å². The lowest BCUT2D eigenvalue weighted by Crippen LogP contribution is -2.25. The largest absolute Gasteiger partial charge is 0.384 e. The molecule has 0 bridgehead atoms. The number of hydrogen-bond donors (Lipinski definition) is 2. The van der Waals surface area contributed by atoms with Crippen molar-refractivity contribution in [3.05, 3.63) is 57.4 Å². The van der Waals surface area contributed by atoms with Crippen LogP contribution in [0, 0.1) is 0 Å². The summed E-state index contributed by atoms with van der Waals surface area (Å²) >= 11 is 0. The molecule has 0 unspecified atom stereocenters. The zero-order valence-electron chi connectivity index (χ0n) is 13.0. The molecule has 1 aliphatic heterocycles. The molecule has 24 heavy (non-hydrogen) atoms. The van der Waals surface area contributed by atoms with Crippen molar-refractivity contribution in [3.63, 3.8) is 0 Å².